The molecule has 2 aromatic heterocycles. The van der Waals surface area contributed by atoms with Crippen molar-refractivity contribution in [3.63, 3.8) is 0 Å². The van der Waals surface area contributed by atoms with Crippen LogP contribution in [0.4, 0.5) is 0 Å². The molecule has 4 aromatic rings. The molecule has 0 saturated heterocycles. The monoisotopic (exact) mass is 380 g/mol. The second kappa shape index (κ2) is 6.38. The van der Waals surface area contributed by atoms with Gasteiger partial charge < -0.3 is 0 Å². The van der Waals surface area contributed by atoms with E-state index in [1.807, 2.05) is 50.4 Å². The summed E-state index contributed by atoms with van der Waals surface area (Å²) in [5.74, 6) is 0. The molecule has 29 heavy (non-hydrogen) atoms. The zero-order valence-corrected chi connectivity index (χ0v) is 16.9. The molecule has 0 spiro atoms. The number of rotatable bonds is 2. The zero-order valence-electron chi connectivity index (χ0n) is 19.9. The van der Waals surface area contributed by atoms with Gasteiger partial charge in [0.05, 0.1) is 11.3 Å². The van der Waals surface area contributed by atoms with Crippen LogP contribution in [-0.4, -0.2) is 4.98 Å². The molecule has 0 fully saturated rings. The number of pyridine rings is 2. The summed E-state index contributed by atoms with van der Waals surface area (Å²) in [6, 6.07) is 22.5. The van der Waals surface area contributed by atoms with Crippen LogP contribution in [-0.2, 0) is 12.5 Å². The van der Waals surface area contributed by atoms with Gasteiger partial charge in [-0.3, -0.25) is 4.98 Å². The van der Waals surface area contributed by atoms with Gasteiger partial charge in [0.15, 0.2) is 6.20 Å². The summed E-state index contributed by atoms with van der Waals surface area (Å²) in [7, 11) is 2.02. The number of fused-ring (bicyclic) bond motifs is 3. The predicted octanol–water partition coefficient (Wildman–Crippen LogP) is 5.85. The van der Waals surface area contributed by atoms with E-state index in [2.05, 4.69) is 53.0 Å². The summed E-state index contributed by atoms with van der Waals surface area (Å²) in [5.41, 5.74) is 7.42. The highest BCUT2D eigenvalue weighted by molar-refractivity contribution is 5.87. The van der Waals surface area contributed by atoms with Crippen molar-refractivity contribution in [1.29, 1.82) is 0 Å². The second-order valence-electron chi connectivity index (χ2n) is 7.98. The molecule has 1 atom stereocenters. The second-order valence-corrected chi connectivity index (χ2v) is 7.98. The Morgan fingerprint density at radius 2 is 1.72 bits per heavy atom. The molecular formula is C27H25N2+. The lowest BCUT2D eigenvalue weighted by Gasteiger charge is -2.23. The number of nitrogens with zero attached hydrogens (tertiary/aromatic N) is 2. The molecule has 0 bridgehead atoms. The van der Waals surface area contributed by atoms with E-state index in [9.17, 15) is 0 Å². The minimum absolute atomic E-state index is 0.630. The van der Waals surface area contributed by atoms with Gasteiger partial charge in [0.25, 0.3) is 0 Å². The average Bonchev–Trinajstić information content (AvgIpc) is 3.05. The highest BCUT2D eigenvalue weighted by Crippen LogP contribution is 2.51. The van der Waals surface area contributed by atoms with Crippen LogP contribution in [0.15, 0.2) is 79.1 Å². The molecular weight excluding hydrogens is 352 g/mol. The number of aryl methyl sites for hydroxylation is 2. The Labute approximate surface area is 176 Å². The molecule has 0 aliphatic heterocycles. The average molecular weight is 381 g/mol. The molecule has 142 valence electrons. The van der Waals surface area contributed by atoms with Crippen LogP contribution >= 0.6 is 0 Å². The SMILES string of the molecule is [2H]C([2H])([2H])C1(C)c2ncccc2-c2ccc(C)c(-c3ccc(-c4ccccc4)c[n+]3C)c21. The van der Waals surface area contributed by atoms with E-state index < -0.39 is 12.3 Å². The van der Waals surface area contributed by atoms with E-state index in [1.54, 1.807) is 6.20 Å². The standard InChI is InChI=1S/C27H25N2/c1-18-12-14-21-22-11-8-16-28-26(22)27(2,3)25(21)24(18)23-15-13-20(17-29(23)4)19-9-6-5-7-10-19/h5-17H,1-4H3/q+1/i2D3. The Morgan fingerprint density at radius 1 is 0.897 bits per heavy atom. The Morgan fingerprint density at radius 3 is 2.48 bits per heavy atom. The van der Waals surface area contributed by atoms with Crippen LogP contribution in [0, 0.1) is 6.92 Å². The fraction of sp³-hybridized carbons (Fsp3) is 0.185. The normalized spacial score (nSPS) is 19.1. The minimum atomic E-state index is -2.24. The van der Waals surface area contributed by atoms with Gasteiger partial charge >= 0.3 is 0 Å². The number of hydrogen-bond donors (Lipinski definition) is 0. The van der Waals surface area contributed by atoms with E-state index >= 15 is 0 Å². The predicted molar refractivity (Wildman–Crippen MR) is 119 cm³/mol. The Balaban J connectivity index is 1.79. The lowest BCUT2D eigenvalue weighted by atomic mass is 9.80. The van der Waals surface area contributed by atoms with Crippen molar-refractivity contribution in [3.8, 4) is 33.5 Å². The molecule has 1 unspecified atom stereocenters. The van der Waals surface area contributed by atoms with E-state index in [0.29, 0.717) is 5.69 Å². The topological polar surface area (TPSA) is 16.8 Å². The van der Waals surface area contributed by atoms with Crippen molar-refractivity contribution in [2.24, 2.45) is 7.05 Å². The smallest absolute Gasteiger partial charge is 0.212 e. The third-order valence-corrected chi connectivity index (χ3v) is 5.98. The van der Waals surface area contributed by atoms with Gasteiger partial charge in [-0.2, -0.15) is 0 Å². The van der Waals surface area contributed by atoms with E-state index in [-0.39, 0.29) is 0 Å². The summed E-state index contributed by atoms with van der Waals surface area (Å²) in [5, 5.41) is 0. The van der Waals surface area contributed by atoms with Crippen molar-refractivity contribution in [1.82, 2.24) is 4.98 Å². The molecule has 2 nitrogen and oxygen atoms in total. The Bertz CT molecular complexity index is 1340. The summed E-state index contributed by atoms with van der Waals surface area (Å²) < 4.78 is 27.6. The van der Waals surface area contributed by atoms with Crippen molar-refractivity contribution < 1.29 is 8.68 Å². The molecule has 0 amide bonds. The molecule has 1 aliphatic carbocycles. The maximum Gasteiger partial charge on any atom is 0.212 e. The molecule has 2 heterocycles. The van der Waals surface area contributed by atoms with E-state index in [1.165, 1.54) is 0 Å². The van der Waals surface area contributed by atoms with Gasteiger partial charge in [-0.05, 0) is 41.3 Å². The summed E-state index contributed by atoms with van der Waals surface area (Å²) in [6.07, 6.45) is 3.80. The largest absolute Gasteiger partial charge is 0.260 e. The Hall–Kier alpha value is -3.26. The molecule has 2 heteroatoms. The van der Waals surface area contributed by atoms with Crippen LogP contribution in [0.2, 0.25) is 0 Å². The fourth-order valence-corrected chi connectivity index (χ4v) is 4.59. The van der Waals surface area contributed by atoms with Crippen LogP contribution in [0.1, 0.15) is 34.7 Å². The fourth-order valence-electron chi connectivity index (χ4n) is 4.59. The van der Waals surface area contributed by atoms with Crippen molar-refractivity contribution in [3.05, 3.63) is 95.9 Å². The summed E-state index contributed by atoms with van der Waals surface area (Å²) >= 11 is 0. The van der Waals surface area contributed by atoms with E-state index in [0.717, 1.165) is 44.6 Å². The molecule has 2 aromatic carbocycles. The number of benzene rings is 2. The van der Waals surface area contributed by atoms with Crippen molar-refractivity contribution in [2.45, 2.75) is 26.1 Å². The van der Waals surface area contributed by atoms with Crippen LogP contribution in [0.25, 0.3) is 33.5 Å². The third-order valence-electron chi connectivity index (χ3n) is 5.98. The van der Waals surface area contributed by atoms with Gasteiger partial charge in [0.2, 0.25) is 5.69 Å². The summed E-state index contributed by atoms with van der Waals surface area (Å²) in [6.45, 7) is 1.63. The van der Waals surface area contributed by atoms with Gasteiger partial charge in [-0.15, -0.1) is 0 Å². The first-order chi connectivity index (χ1) is 15.2. The molecule has 5 rings (SSSR count). The summed E-state index contributed by atoms with van der Waals surface area (Å²) in [4.78, 5) is 4.57. The maximum absolute atomic E-state index is 8.50. The molecule has 0 radical (unpaired) electrons. The van der Waals surface area contributed by atoms with Crippen LogP contribution in [0.5, 0.6) is 0 Å². The first-order valence-corrected chi connectivity index (χ1v) is 9.89. The van der Waals surface area contributed by atoms with Crippen LogP contribution in [0.3, 0.4) is 0 Å². The van der Waals surface area contributed by atoms with E-state index in [4.69, 9.17) is 4.11 Å². The highest BCUT2D eigenvalue weighted by atomic mass is 14.9. The lowest BCUT2D eigenvalue weighted by molar-refractivity contribution is -0.659. The van der Waals surface area contributed by atoms with Gasteiger partial charge in [0, 0.05) is 32.9 Å². The zero-order chi connectivity index (χ0) is 22.7. The first kappa shape index (κ1) is 14.7. The third kappa shape index (κ3) is 2.63. The van der Waals surface area contributed by atoms with Gasteiger partial charge in [-0.25, -0.2) is 4.57 Å². The lowest BCUT2D eigenvalue weighted by Crippen LogP contribution is -2.32. The quantitative estimate of drug-likeness (QED) is 0.398. The maximum atomic E-state index is 8.50. The Kier molecular flexibility index (Phi) is 3.23. The number of aromatic nitrogens is 2. The number of hydrogen-bond acceptors (Lipinski definition) is 1. The van der Waals surface area contributed by atoms with Gasteiger partial charge in [-0.1, -0.05) is 62.3 Å². The molecule has 0 N–H and O–H groups in total. The van der Waals surface area contributed by atoms with Gasteiger partial charge in [0.1, 0.15) is 7.05 Å². The highest BCUT2D eigenvalue weighted by Gasteiger charge is 2.40. The first-order valence-electron chi connectivity index (χ1n) is 11.4. The minimum Gasteiger partial charge on any atom is -0.260 e. The van der Waals surface area contributed by atoms with Crippen molar-refractivity contribution >= 4 is 0 Å². The molecule has 1 aliphatic rings. The molecule has 0 saturated carbocycles. The van der Waals surface area contributed by atoms with Crippen LogP contribution < -0.4 is 4.57 Å². The van der Waals surface area contributed by atoms with Crippen molar-refractivity contribution in [2.75, 3.05) is 0 Å².